The molecule has 0 aromatic heterocycles. The number of ether oxygens (including phenoxy) is 2. The van der Waals surface area contributed by atoms with E-state index in [2.05, 4.69) is 148 Å². The van der Waals surface area contributed by atoms with Gasteiger partial charge in [0.25, 0.3) is 0 Å². The highest BCUT2D eigenvalue weighted by Crippen LogP contribution is 2.14. The summed E-state index contributed by atoms with van der Waals surface area (Å²) in [5.41, 5.74) is 0. The Balaban J connectivity index is 3.59. The molecule has 0 aliphatic carbocycles. The lowest BCUT2D eigenvalue weighted by Crippen LogP contribution is -2.28. The van der Waals surface area contributed by atoms with E-state index in [9.17, 15) is 14.7 Å². The first-order chi connectivity index (χ1) is 33.6. The molecule has 0 bridgehead atoms. The Kier molecular flexibility index (Phi) is 54.0. The first-order valence-corrected chi connectivity index (χ1v) is 27.7. The predicted molar refractivity (Wildman–Crippen MR) is 297 cm³/mol. The van der Waals surface area contributed by atoms with E-state index in [0.29, 0.717) is 12.8 Å². The number of unbranched alkanes of at least 4 members (excludes halogenated alkanes) is 19. The molecule has 68 heavy (non-hydrogen) atoms. The smallest absolute Gasteiger partial charge is 0.306 e. The minimum absolute atomic E-state index is 0.0774. The molecule has 0 aromatic rings. The van der Waals surface area contributed by atoms with Gasteiger partial charge < -0.3 is 14.6 Å². The summed E-state index contributed by atoms with van der Waals surface area (Å²) >= 11 is 0. The third-order valence-electron chi connectivity index (χ3n) is 11.4. The van der Waals surface area contributed by atoms with Crippen LogP contribution in [0.1, 0.15) is 232 Å². The monoisotopic (exact) mass is 939 g/mol. The van der Waals surface area contributed by atoms with Crippen molar-refractivity contribution in [2.75, 3.05) is 13.2 Å². The number of carbonyl (C=O) groups is 2. The molecule has 0 aliphatic heterocycles. The van der Waals surface area contributed by atoms with Gasteiger partial charge in [0.15, 0.2) is 6.10 Å². The van der Waals surface area contributed by atoms with Crippen molar-refractivity contribution >= 4 is 11.9 Å². The van der Waals surface area contributed by atoms with Crippen LogP contribution < -0.4 is 0 Å². The largest absolute Gasteiger partial charge is 0.462 e. The van der Waals surface area contributed by atoms with Gasteiger partial charge in [-0.1, -0.05) is 237 Å². The summed E-state index contributed by atoms with van der Waals surface area (Å²) in [6, 6.07) is 0. The molecule has 0 spiro atoms. The Morgan fingerprint density at radius 1 is 0.353 bits per heavy atom. The van der Waals surface area contributed by atoms with Crippen molar-refractivity contribution in [1.29, 1.82) is 0 Å². The fraction of sp³-hybridized carbons (Fsp3) is 0.619. The van der Waals surface area contributed by atoms with Gasteiger partial charge in [0, 0.05) is 12.8 Å². The number of rotatable bonds is 49. The average molecular weight is 940 g/mol. The summed E-state index contributed by atoms with van der Waals surface area (Å²) in [6.07, 6.45) is 85.6. The van der Waals surface area contributed by atoms with E-state index in [1.807, 2.05) is 0 Å². The molecule has 0 saturated carbocycles. The Morgan fingerprint density at radius 3 is 0.971 bits per heavy atom. The van der Waals surface area contributed by atoms with Crippen LogP contribution in [-0.4, -0.2) is 36.4 Å². The van der Waals surface area contributed by atoms with Crippen molar-refractivity contribution < 1.29 is 24.2 Å². The number of hydrogen-bond donors (Lipinski definition) is 1. The third kappa shape index (κ3) is 54.6. The summed E-state index contributed by atoms with van der Waals surface area (Å²) in [5, 5.41) is 9.61. The van der Waals surface area contributed by atoms with E-state index >= 15 is 0 Å². The van der Waals surface area contributed by atoms with Crippen molar-refractivity contribution in [3.05, 3.63) is 134 Å². The zero-order valence-electron chi connectivity index (χ0n) is 43.8. The molecule has 5 nitrogen and oxygen atoms in total. The van der Waals surface area contributed by atoms with Crippen molar-refractivity contribution in [3.8, 4) is 0 Å². The molecule has 0 saturated heterocycles. The number of aliphatic hydroxyl groups excluding tert-OH is 1. The molecule has 0 aromatic carbocycles. The van der Waals surface area contributed by atoms with E-state index in [4.69, 9.17) is 9.47 Å². The number of allylic oxidation sites excluding steroid dienone is 22. The van der Waals surface area contributed by atoms with E-state index in [0.717, 1.165) is 109 Å². The normalized spacial score (nSPS) is 13.3. The molecule has 0 rings (SSSR count). The molecule has 1 N–H and O–H groups in total. The van der Waals surface area contributed by atoms with Gasteiger partial charge in [-0.3, -0.25) is 9.59 Å². The first kappa shape index (κ1) is 64.0. The van der Waals surface area contributed by atoms with Gasteiger partial charge in [0.2, 0.25) is 0 Å². The maximum Gasteiger partial charge on any atom is 0.306 e. The minimum Gasteiger partial charge on any atom is -0.462 e. The van der Waals surface area contributed by atoms with Crippen LogP contribution in [0.3, 0.4) is 0 Å². The Bertz CT molecular complexity index is 1430. The van der Waals surface area contributed by atoms with Crippen LogP contribution in [0.5, 0.6) is 0 Å². The zero-order valence-corrected chi connectivity index (χ0v) is 43.8. The third-order valence-corrected chi connectivity index (χ3v) is 11.4. The minimum atomic E-state index is -0.785. The van der Waals surface area contributed by atoms with Crippen LogP contribution >= 0.6 is 0 Å². The molecule has 0 fully saturated rings. The molecule has 0 radical (unpaired) electrons. The highest BCUT2D eigenvalue weighted by Gasteiger charge is 2.16. The first-order valence-electron chi connectivity index (χ1n) is 27.7. The summed E-state index contributed by atoms with van der Waals surface area (Å²) < 4.78 is 10.6. The Labute approximate surface area is 419 Å². The quantitative estimate of drug-likeness (QED) is 0.0374. The lowest BCUT2D eigenvalue weighted by Gasteiger charge is -2.15. The fourth-order valence-electron chi connectivity index (χ4n) is 7.28. The highest BCUT2D eigenvalue weighted by atomic mass is 16.6. The zero-order chi connectivity index (χ0) is 49.2. The number of esters is 2. The summed E-state index contributed by atoms with van der Waals surface area (Å²) in [6.45, 7) is 3.99. The van der Waals surface area contributed by atoms with Crippen LogP contribution in [0.2, 0.25) is 0 Å². The SMILES string of the molecule is CC/C=C\C/C=C\C/C=C\C/C=C\C/C=C\C/C=C\C/C=C\C/C=C\C/C=C\C/C=C\CCCCCCCCCCCCC(=O)OC(CO)COC(=O)CCCCCCC/C=C\CCCCCC. The van der Waals surface area contributed by atoms with Crippen molar-refractivity contribution in [3.63, 3.8) is 0 Å². The lowest BCUT2D eigenvalue weighted by atomic mass is 10.0. The summed E-state index contributed by atoms with van der Waals surface area (Å²) in [4.78, 5) is 24.4. The molecular weight excluding hydrogens is 837 g/mol. The van der Waals surface area contributed by atoms with E-state index in [-0.39, 0.29) is 25.2 Å². The van der Waals surface area contributed by atoms with Crippen molar-refractivity contribution in [2.45, 2.75) is 238 Å². The number of aliphatic hydroxyl groups is 1. The maximum absolute atomic E-state index is 12.3. The van der Waals surface area contributed by atoms with Gasteiger partial charge in [0.1, 0.15) is 6.61 Å². The van der Waals surface area contributed by atoms with Gasteiger partial charge >= 0.3 is 11.9 Å². The van der Waals surface area contributed by atoms with Gasteiger partial charge in [-0.15, -0.1) is 0 Å². The Morgan fingerprint density at radius 2 is 0.632 bits per heavy atom. The van der Waals surface area contributed by atoms with Crippen molar-refractivity contribution in [2.24, 2.45) is 0 Å². The molecule has 1 atom stereocenters. The average Bonchev–Trinajstić information content (AvgIpc) is 3.34. The van der Waals surface area contributed by atoms with E-state index in [1.165, 1.54) is 96.3 Å². The van der Waals surface area contributed by atoms with Gasteiger partial charge in [-0.05, 0) is 116 Å². The standard InChI is InChI=1S/C63H102O5/c1-3-5-7-9-11-13-15-17-18-19-20-21-22-23-24-25-26-27-28-29-30-31-32-33-34-35-36-37-38-39-40-41-42-43-44-46-48-50-52-54-56-58-63(66)68-61(59-64)60-67-62(65)57-55-53-51-49-47-45-16-14-12-10-8-6-4-2/h5,7,11,13-14,16-18,20-21,23-24,26-27,29-30,32-33,35-36,38-39,61,64H,3-4,6,8-10,12,15,19,22,25,28,31,34,37,40-60H2,1-2H3/b7-5-,13-11-,16-14-,18-17-,21-20-,24-23-,27-26-,30-29-,33-32-,36-35-,39-38-. The van der Waals surface area contributed by atoms with Crippen molar-refractivity contribution in [1.82, 2.24) is 0 Å². The maximum atomic E-state index is 12.3. The number of hydrogen-bond acceptors (Lipinski definition) is 5. The molecule has 0 aliphatic rings. The van der Waals surface area contributed by atoms with Crippen LogP contribution in [0.15, 0.2) is 134 Å². The second-order valence-corrected chi connectivity index (χ2v) is 17.9. The van der Waals surface area contributed by atoms with Crippen LogP contribution in [0.25, 0.3) is 0 Å². The fourth-order valence-corrected chi connectivity index (χ4v) is 7.28. The predicted octanol–water partition coefficient (Wildman–Crippen LogP) is 18.9. The lowest BCUT2D eigenvalue weighted by molar-refractivity contribution is -0.161. The molecule has 5 heteroatoms. The van der Waals surface area contributed by atoms with Gasteiger partial charge in [0.05, 0.1) is 6.61 Å². The molecular formula is C63H102O5. The molecule has 384 valence electrons. The van der Waals surface area contributed by atoms with Gasteiger partial charge in [-0.2, -0.15) is 0 Å². The summed E-state index contributed by atoms with van der Waals surface area (Å²) in [5.74, 6) is -0.612. The van der Waals surface area contributed by atoms with Crippen LogP contribution in [-0.2, 0) is 19.1 Å². The second kappa shape index (κ2) is 57.4. The number of carbonyl (C=O) groups excluding carboxylic acids is 2. The van der Waals surface area contributed by atoms with E-state index < -0.39 is 6.10 Å². The van der Waals surface area contributed by atoms with Gasteiger partial charge in [-0.25, -0.2) is 0 Å². The van der Waals surface area contributed by atoms with Crippen LogP contribution in [0, 0.1) is 0 Å². The summed E-state index contributed by atoms with van der Waals surface area (Å²) in [7, 11) is 0. The Hall–Kier alpha value is -3.96. The molecule has 0 amide bonds. The highest BCUT2D eigenvalue weighted by molar-refractivity contribution is 5.70. The second-order valence-electron chi connectivity index (χ2n) is 17.9. The molecule has 1 unspecified atom stereocenters. The topological polar surface area (TPSA) is 72.8 Å². The van der Waals surface area contributed by atoms with E-state index in [1.54, 1.807) is 0 Å². The van der Waals surface area contributed by atoms with Crippen LogP contribution in [0.4, 0.5) is 0 Å². The molecule has 0 heterocycles.